The molecule has 0 aliphatic carbocycles. The van der Waals surface area contributed by atoms with Gasteiger partial charge in [-0.3, -0.25) is 0 Å². The Morgan fingerprint density at radius 3 is 3.05 bits per heavy atom. The van der Waals surface area contributed by atoms with Crippen LogP contribution in [0.5, 0.6) is 0 Å². The zero-order valence-corrected chi connectivity index (χ0v) is 12.8. The second kappa shape index (κ2) is 5.54. The minimum Gasteiger partial charge on any atom is -0.368 e. The van der Waals surface area contributed by atoms with Gasteiger partial charge in [-0.15, -0.1) is 11.3 Å². The van der Waals surface area contributed by atoms with Crippen molar-refractivity contribution in [2.24, 2.45) is 0 Å². The Kier molecular flexibility index (Phi) is 3.76. The second-order valence-corrected chi connectivity index (χ2v) is 6.49. The van der Waals surface area contributed by atoms with E-state index in [2.05, 4.69) is 40.2 Å². The van der Waals surface area contributed by atoms with E-state index in [1.165, 1.54) is 24.3 Å². The summed E-state index contributed by atoms with van der Waals surface area (Å²) in [6, 6.07) is 2.77. The number of aromatic nitrogens is 2. The third-order valence-electron chi connectivity index (χ3n) is 3.99. The lowest BCUT2D eigenvalue weighted by Gasteiger charge is -2.20. The average molecular weight is 291 g/mol. The van der Waals surface area contributed by atoms with Crippen LogP contribution in [-0.2, 0) is 6.42 Å². The number of nitrogens with one attached hydrogen (secondary N) is 1. The Hall–Kier alpha value is -1.40. The van der Waals surface area contributed by atoms with Crippen LogP contribution in [0.2, 0.25) is 0 Å². The summed E-state index contributed by atoms with van der Waals surface area (Å²) >= 11 is 1.70. The van der Waals surface area contributed by atoms with Gasteiger partial charge in [-0.1, -0.05) is 6.92 Å². The summed E-state index contributed by atoms with van der Waals surface area (Å²) in [6.07, 6.45) is 3.55. The number of hydrogen-bond donors (Lipinski definition) is 2. The van der Waals surface area contributed by atoms with Crippen molar-refractivity contribution in [1.82, 2.24) is 14.9 Å². The third-order valence-corrected chi connectivity index (χ3v) is 5.16. The molecule has 0 saturated carbocycles. The van der Waals surface area contributed by atoms with E-state index in [4.69, 9.17) is 5.73 Å². The van der Waals surface area contributed by atoms with Crippen molar-refractivity contribution in [2.75, 3.05) is 31.2 Å². The van der Waals surface area contributed by atoms with Gasteiger partial charge >= 0.3 is 0 Å². The van der Waals surface area contributed by atoms with Crippen LogP contribution in [0, 0.1) is 0 Å². The first-order valence-corrected chi connectivity index (χ1v) is 7.99. The van der Waals surface area contributed by atoms with Gasteiger partial charge in [0.2, 0.25) is 5.95 Å². The highest BCUT2D eigenvalue weighted by atomic mass is 32.1. The van der Waals surface area contributed by atoms with E-state index in [1.54, 1.807) is 11.3 Å². The molecule has 0 bridgehead atoms. The number of likely N-dealkylation sites (tertiary alicyclic amines) is 1. The molecule has 3 rings (SSSR count). The lowest BCUT2D eigenvalue weighted by atomic mass is 10.2. The highest BCUT2D eigenvalue weighted by molar-refractivity contribution is 7.18. The number of nitrogens with zero attached hydrogens (tertiary/aromatic N) is 3. The van der Waals surface area contributed by atoms with Crippen molar-refractivity contribution in [3.8, 4) is 0 Å². The monoisotopic (exact) mass is 291 g/mol. The van der Waals surface area contributed by atoms with Gasteiger partial charge in [0.15, 0.2) is 0 Å². The van der Waals surface area contributed by atoms with Crippen molar-refractivity contribution in [2.45, 2.75) is 32.2 Å². The molecule has 1 atom stereocenters. The molecule has 6 heteroatoms. The maximum atomic E-state index is 5.82. The van der Waals surface area contributed by atoms with E-state index in [-0.39, 0.29) is 0 Å². The van der Waals surface area contributed by atoms with Crippen LogP contribution >= 0.6 is 11.3 Å². The molecule has 20 heavy (non-hydrogen) atoms. The van der Waals surface area contributed by atoms with Crippen LogP contribution < -0.4 is 11.1 Å². The molecule has 2 aromatic rings. The van der Waals surface area contributed by atoms with Crippen molar-refractivity contribution < 1.29 is 0 Å². The summed E-state index contributed by atoms with van der Waals surface area (Å²) in [7, 11) is 2.18. The van der Waals surface area contributed by atoms with Gasteiger partial charge in [0.25, 0.3) is 0 Å². The van der Waals surface area contributed by atoms with Gasteiger partial charge in [0, 0.05) is 17.5 Å². The molecule has 108 valence electrons. The molecule has 0 radical (unpaired) electrons. The zero-order chi connectivity index (χ0) is 14.1. The maximum absolute atomic E-state index is 5.82. The second-order valence-electron chi connectivity index (χ2n) is 5.37. The van der Waals surface area contributed by atoms with E-state index in [0.717, 1.165) is 29.0 Å². The molecule has 1 saturated heterocycles. The van der Waals surface area contributed by atoms with Crippen LogP contribution in [0.1, 0.15) is 24.6 Å². The molecule has 1 aliphatic heterocycles. The van der Waals surface area contributed by atoms with Crippen LogP contribution in [0.4, 0.5) is 11.8 Å². The first-order chi connectivity index (χ1) is 9.67. The third kappa shape index (κ3) is 2.58. The van der Waals surface area contributed by atoms with Gasteiger partial charge in [-0.2, -0.15) is 4.98 Å². The number of fused-ring (bicyclic) bond motifs is 1. The predicted molar refractivity (Wildman–Crippen MR) is 85.3 cm³/mol. The Balaban J connectivity index is 1.84. The molecular formula is C14H21N5S. The quantitative estimate of drug-likeness (QED) is 0.905. The number of likely N-dealkylation sites (N-methyl/N-ethyl adjacent to an activating group) is 1. The van der Waals surface area contributed by atoms with Gasteiger partial charge in [-0.25, -0.2) is 4.98 Å². The van der Waals surface area contributed by atoms with E-state index in [0.29, 0.717) is 12.0 Å². The van der Waals surface area contributed by atoms with E-state index in [1.807, 2.05) is 0 Å². The largest absolute Gasteiger partial charge is 0.368 e. The number of rotatable bonds is 4. The minimum absolute atomic E-state index is 0.351. The number of anilines is 2. The van der Waals surface area contributed by atoms with Crippen molar-refractivity contribution >= 4 is 33.3 Å². The number of nitrogen functional groups attached to an aromatic ring is 1. The van der Waals surface area contributed by atoms with E-state index in [9.17, 15) is 0 Å². The molecule has 3 heterocycles. The van der Waals surface area contributed by atoms with Gasteiger partial charge in [-0.05, 0) is 38.9 Å². The molecule has 1 aliphatic rings. The molecule has 0 spiro atoms. The highest BCUT2D eigenvalue weighted by Gasteiger charge is 2.21. The number of thiophene rings is 1. The fourth-order valence-corrected chi connectivity index (χ4v) is 3.72. The fraction of sp³-hybridized carbons (Fsp3) is 0.571. The minimum atomic E-state index is 0.351. The normalized spacial score (nSPS) is 19.8. The zero-order valence-electron chi connectivity index (χ0n) is 12.0. The van der Waals surface area contributed by atoms with Gasteiger partial charge < -0.3 is 16.0 Å². The van der Waals surface area contributed by atoms with Crippen molar-refractivity contribution in [1.29, 1.82) is 0 Å². The van der Waals surface area contributed by atoms with E-state index >= 15 is 0 Å². The molecule has 0 aromatic carbocycles. The summed E-state index contributed by atoms with van der Waals surface area (Å²) in [6.45, 7) is 4.26. The van der Waals surface area contributed by atoms with Crippen LogP contribution in [-0.4, -0.2) is 41.0 Å². The highest BCUT2D eigenvalue weighted by Crippen LogP contribution is 2.30. The topological polar surface area (TPSA) is 67.1 Å². The number of nitrogens with two attached hydrogens (primary N) is 1. The summed E-state index contributed by atoms with van der Waals surface area (Å²) in [5.41, 5.74) is 5.82. The molecule has 1 fully saturated rings. The summed E-state index contributed by atoms with van der Waals surface area (Å²) in [4.78, 5) is 13.4. The number of aryl methyl sites for hydroxylation is 1. The standard InChI is InChI=1S/C14H21N5S/c1-3-10-7-11-12(17-14(15)18-13(11)20-10)16-8-9-5-4-6-19(9)2/h7,9H,3-6,8H2,1-2H3,(H3,15,16,17,18). The first-order valence-electron chi connectivity index (χ1n) is 7.17. The lowest BCUT2D eigenvalue weighted by molar-refractivity contribution is 0.322. The number of hydrogen-bond acceptors (Lipinski definition) is 6. The average Bonchev–Trinajstić information content (AvgIpc) is 3.01. The van der Waals surface area contributed by atoms with Gasteiger partial charge in [0.1, 0.15) is 10.6 Å². The van der Waals surface area contributed by atoms with Crippen molar-refractivity contribution in [3.63, 3.8) is 0 Å². The summed E-state index contributed by atoms with van der Waals surface area (Å²) < 4.78 is 0. The predicted octanol–water partition coefficient (Wildman–Crippen LogP) is 2.34. The molecule has 0 amide bonds. The SMILES string of the molecule is CCc1cc2c(NCC3CCCN3C)nc(N)nc2s1. The van der Waals surface area contributed by atoms with Gasteiger partial charge in [0.05, 0.1) is 5.39 Å². The maximum Gasteiger partial charge on any atom is 0.223 e. The molecule has 3 N–H and O–H groups in total. The Bertz CT molecular complexity index is 609. The van der Waals surface area contributed by atoms with E-state index < -0.39 is 0 Å². The van der Waals surface area contributed by atoms with Crippen LogP contribution in [0.25, 0.3) is 10.2 Å². The Morgan fingerprint density at radius 1 is 1.50 bits per heavy atom. The van der Waals surface area contributed by atoms with Crippen LogP contribution in [0.3, 0.4) is 0 Å². The fourth-order valence-electron chi connectivity index (χ4n) is 2.75. The molecular weight excluding hydrogens is 270 g/mol. The summed E-state index contributed by atoms with van der Waals surface area (Å²) in [5, 5.41) is 4.57. The smallest absolute Gasteiger partial charge is 0.223 e. The molecule has 1 unspecified atom stereocenters. The lowest BCUT2D eigenvalue weighted by Crippen LogP contribution is -2.31. The molecule has 5 nitrogen and oxygen atoms in total. The Labute approximate surface area is 123 Å². The Morgan fingerprint density at radius 2 is 2.35 bits per heavy atom. The van der Waals surface area contributed by atoms with Crippen LogP contribution in [0.15, 0.2) is 6.07 Å². The summed E-state index contributed by atoms with van der Waals surface area (Å²) in [5.74, 6) is 1.23. The van der Waals surface area contributed by atoms with Crippen molar-refractivity contribution in [3.05, 3.63) is 10.9 Å². The molecule has 2 aromatic heterocycles. The first kappa shape index (κ1) is 13.6.